The predicted octanol–water partition coefficient (Wildman–Crippen LogP) is 5.51. The standard InChI is InChI=1S/C24H44O6/c1-3-5-7-9-11-13-15-17-28-30-21-19-27-23-20(18-26-24(21)23)29-22(25)16-14-12-10-8-6-4-2/h20-21,23-24H,3-19H2,1-2H3. The van der Waals surface area contributed by atoms with Gasteiger partial charge in [-0.3, -0.25) is 4.79 Å². The molecule has 4 unspecified atom stereocenters. The van der Waals surface area contributed by atoms with Gasteiger partial charge < -0.3 is 14.2 Å². The van der Waals surface area contributed by atoms with Crippen molar-refractivity contribution in [2.75, 3.05) is 19.8 Å². The molecule has 0 aliphatic carbocycles. The lowest BCUT2D eigenvalue weighted by molar-refractivity contribution is -0.333. The molecule has 30 heavy (non-hydrogen) atoms. The Labute approximate surface area is 183 Å². The van der Waals surface area contributed by atoms with Crippen molar-refractivity contribution in [2.24, 2.45) is 0 Å². The molecule has 2 heterocycles. The quantitative estimate of drug-likeness (QED) is 0.124. The van der Waals surface area contributed by atoms with Crippen molar-refractivity contribution in [1.29, 1.82) is 0 Å². The highest BCUT2D eigenvalue weighted by Crippen LogP contribution is 2.31. The number of esters is 1. The average molecular weight is 429 g/mol. The fraction of sp³-hybridized carbons (Fsp3) is 0.958. The average Bonchev–Trinajstić information content (AvgIpc) is 3.32. The molecule has 0 aromatic rings. The molecule has 0 aromatic heterocycles. The summed E-state index contributed by atoms with van der Waals surface area (Å²) in [6, 6.07) is 0. The molecule has 2 rings (SSSR count). The number of rotatable bonds is 18. The van der Waals surface area contributed by atoms with Crippen LogP contribution in [-0.2, 0) is 28.8 Å². The molecule has 176 valence electrons. The van der Waals surface area contributed by atoms with E-state index in [4.69, 9.17) is 24.0 Å². The number of hydrogen-bond acceptors (Lipinski definition) is 6. The third kappa shape index (κ3) is 9.63. The molecular weight excluding hydrogens is 384 g/mol. The Bertz CT molecular complexity index is 443. The van der Waals surface area contributed by atoms with Gasteiger partial charge in [0.05, 0.1) is 19.8 Å². The molecular formula is C24H44O6. The molecule has 2 aliphatic rings. The van der Waals surface area contributed by atoms with E-state index in [1.54, 1.807) is 0 Å². The summed E-state index contributed by atoms with van der Waals surface area (Å²) in [4.78, 5) is 23.1. The summed E-state index contributed by atoms with van der Waals surface area (Å²) in [5.74, 6) is -0.150. The number of unbranched alkanes of at least 4 members (excludes halogenated alkanes) is 11. The number of hydrogen-bond donors (Lipinski definition) is 0. The Balaban J connectivity index is 1.51. The van der Waals surface area contributed by atoms with Gasteiger partial charge in [0, 0.05) is 6.42 Å². The van der Waals surface area contributed by atoms with E-state index in [9.17, 15) is 4.79 Å². The second-order valence-corrected chi connectivity index (χ2v) is 8.72. The number of fused-ring (bicyclic) bond motifs is 1. The summed E-state index contributed by atoms with van der Waals surface area (Å²) in [5.41, 5.74) is 0. The van der Waals surface area contributed by atoms with Gasteiger partial charge in [-0.2, -0.15) is 0 Å². The lowest BCUT2D eigenvalue weighted by Crippen LogP contribution is -2.35. The van der Waals surface area contributed by atoms with Crippen LogP contribution >= 0.6 is 0 Å². The number of ether oxygens (including phenoxy) is 3. The molecule has 0 radical (unpaired) electrons. The van der Waals surface area contributed by atoms with Crippen LogP contribution in [0.1, 0.15) is 104 Å². The third-order valence-corrected chi connectivity index (χ3v) is 6.00. The largest absolute Gasteiger partial charge is 0.457 e. The Morgan fingerprint density at radius 2 is 1.27 bits per heavy atom. The van der Waals surface area contributed by atoms with Crippen LogP contribution in [0.3, 0.4) is 0 Å². The van der Waals surface area contributed by atoms with Crippen molar-refractivity contribution in [3.8, 4) is 0 Å². The molecule has 4 atom stereocenters. The zero-order valence-electron chi connectivity index (χ0n) is 19.3. The minimum atomic E-state index is -0.334. The van der Waals surface area contributed by atoms with Crippen LogP contribution < -0.4 is 0 Å². The van der Waals surface area contributed by atoms with Gasteiger partial charge in [0.1, 0.15) is 18.3 Å². The fourth-order valence-corrected chi connectivity index (χ4v) is 4.14. The van der Waals surface area contributed by atoms with Gasteiger partial charge >= 0.3 is 5.97 Å². The number of carbonyl (C=O) groups excluding carboxylic acids is 1. The summed E-state index contributed by atoms with van der Waals surface area (Å²) in [7, 11) is 0. The molecule has 0 amide bonds. The van der Waals surface area contributed by atoms with Gasteiger partial charge in [-0.15, -0.1) is 0 Å². The Kier molecular flexibility index (Phi) is 13.7. The van der Waals surface area contributed by atoms with E-state index in [0.717, 1.165) is 19.3 Å². The highest BCUT2D eigenvalue weighted by Gasteiger charge is 2.50. The minimum Gasteiger partial charge on any atom is -0.457 e. The van der Waals surface area contributed by atoms with Gasteiger partial charge in [0.15, 0.2) is 6.10 Å². The van der Waals surface area contributed by atoms with E-state index in [1.807, 2.05) is 0 Å². The summed E-state index contributed by atoms with van der Waals surface area (Å²) >= 11 is 0. The van der Waals surface area contributed by atoms with E-state index in [2.05, 4.69) is 13.8 Å². The van der Waals surface area contributed by atoms with Crippen LogP contribution in [0, 0.1) is 0 Å². The van der Waals surface area contributed by atoms with Crippen LogP contribution in [0.5, 0.6) is 0 Å². The van der Waals surface area contributed by atoms with Crippen molar-refractivity contribution in [1.82, 2.24) is 0 Å². The highest BCUT2D eigenvalue weighted by molar-refractivity contribution is 5.69. The molecule has 2 fully saturated rings. The summed E-state index contributed by atoms with van der Waals surface area (Å²) < 4.78 is 17.2. The van der Waals surface area contributed by atoms with E-state index in [0.29, 0.717) is 26.2 Å². The van der Waals surface area contributed by atoms with Crippen molar-refractivity contribution in [3.63, 3.8) is 0 Å². The zero-order chi connectivity index (χ0) is 21.4. The smallest absolute Gasteiger partial charge is 0.306 e. The van der Waals surface area contributed by atoms with Crippen LogP contribution in [0.25, 0.3) is 0 Å². The molecule has 0 bridgehead atoms. The van der Waals surface area contributed by atoms with Gasteiger partial charge in [-0.25, -0.2) is 9.78 Å². The van der Waals surface area contributed by atoms with Crippen LogP contribution in [0.15, 0.2) is 0 Å². The van der Waals surface area contributed by atoms with Crippen molar-refractivity contribution in [2.45, 2.75) is 128 Å². The Morgan fingerprint density at radius 3 is 1.93 bits per heavy atom. The van der Waals surface area contributed by atoms with Crippen LogP contribution in [0.2, 0.25) is 0 Å². The van der Waals surface area contributed by atoms with E-state index in [-0.39, 0.29) is 30.4 Å². The second kappa shape index (κ2) is 16.0. The molecule has 0 aromatic carbocycles. The molecule has 6 nitrogen and oxygen atoms in total. The van der Waals surface area contributed by atoms with Gasteiger partial charge in [-0.05, 0) is 12.8 Å². The number of carbonyl (C=O) groups is 1. The fourth-order valence-electron chi connectivity index (χ4n) is 4.14. The topological polar surface area (TPSA) is 63.2 Å². The second-order valence-electron chi connectivity index (χ2n) is 8.72. The first-order valence-electron chi connectivity index (χ1n) is 12.5. The molecule has 0 spiro atoms. The zero-order valence-corrected chi connectivity index (χ0v) is 19.3. The van der Waals surface area contributed by atoms with Crippen LogP contribution in [0.4, 0.5) is 0 Å². The first-order valence-corrected chi connectivity index (χ1v) is 12.5. The molecule has 0 saturated carbocycles. The first-order chi connectivity index (χ1) is 14.8. The van der Waals surface area contributed by atoms with Crippen molar-refractivity contribution in [3.05, 3.63) is 0 Å². The Morgan fingerprint density at radius 1 is 0.733 bits per heavy atom. The molecule has 6 heteroatoms. The Hall–Kier alpha value is -0.690. The van der Waals surface area contributed by atoms with Gasteiger partial charge in [0.25, 0.3) is 0 Å². The molecule has 2 aliphatic heterocycles. The lowest BCUT2D eigenvalue weighted by Gasteiger charge is -2.17. The lowest BCUT2D eigenvalue weighted by atomic mass is 10.1. The summed E-state index contributed by atoms with van der Waals surface area (Å²) in [6.07, 6.45) is 15.1. The first kappa shape index (κ1) is 25.6. The molecule has 0 N–H and O–H groups in total. The van der Waals surface area contributed by atoms with Crippen LogP contribution in [-0.4, -0.2) is 50.2 Å². The summed E-state index contributed by atoms with van der Waals surface area (Å²) in [6.45, 7) is 5.82. The van der Waals surface area contributed by atoms with E-state index < -0.39 is 0 Å². The maximum absolute atomic E-state index is 12.1. The third-order valence-electron chi connectivity index (χ3n) is 6.00. The van der Waals surface area contributed by atoms with Gasteiger partial charge in [-0.1, -0.05) is 84.5 Å². The predicted molar refractivity (Wildman–Crippen MR) is 116 cm³/mol. The normalized spacial score (nSPS) is 25.5. The maximum Gasteiger partial charge on any atom is 0.306 e. The SMILES string of the molecule is CCCCCCCCCOOC1COC2C(OC(=O)CCCCCCCC)COC12. The molecule has 2 saturated heterocycles. The monoisotopic (exact) mass is 428 g/mol. The van der Waals surface area contributed by atoms with Crippen molar-refractivity contribution < 1.29 is 28.8 Å². The van der Waals surface area contributed by atoms with E-state index >= 15 is 0 Å². The van der Waals surface area contributed by atoms with E-state index in [1.165, 1.54) is 64.2 Å². The van der Waals surface area contributed by atoms with Crippen molar-refractivity contribution >= 4 is 5.97 Å². The van der Waals surface area contributed by atoms with Gasteiger partial charge in [0.2, 0.25) is 0 Å². The summed E-state index contributed by atoms with van der Waals surface area (Å²) in [5, 5.41) is 0. The minimum absolute atomic E-state index is 0.150. The maximum atomic E-state index is 12.1. The highest BCUT2D eigenvalue weighted by atomic mass is 17.2.